The second-order valence-corrected chi connectivity index (χ2v) is 14.1. The fourth-order valence-corrected chi connectivity index (χ4v) is 4.31. The largest absolute Gasteiger partial charge is 0.472 e. The van der Waals surface area contributed by atoms with Gasteiger partial charge in [0.15, 0.2) is 6.04 Å². The van der Waals surface area contributed by atoms with Crippen molar-refractivity contribution < 1.29 is 42.4 Å². The van der Waals surface area contributed by atoms with Crippen molar-refractivity contribution in [3.05, 3.63) is 48.6 Å². The molecule has 0 fully saturated rings. The highest BCUT2D eigenvalue weighted by atomic mass is 31.2. The lowest BCUT2D eigenvalue weighted by molar-refractivity contribution is -0.158. The van der Waals surface area contributed by atoms with Crippen LogP contribution in [0.25, 0.3) is 0 Å². The van der Waals surface area contributed by atoms with Crippen LogP contribution in [0.3, 0.4) is 0 Å². The molecule has 0 aromatic carbocycles. The number of unbranched alkanes of at least 4 members (excludes halogenated alkanes) is 4. The van der Waals surface area contributed by atoms with Gasteiger partial charge in [0.25, 0.3) is 0 Å². The van der Waals surface area contributed by atoms with Gasteiger partial charge >= 0.3 is 19.9 Å². The van der Waals surface area contributed by atoms with E-state index >= 15 is 0 Å². The Bertz CT molecular complexity index is 1040. The van der Waals surface area contributed by atoms with Gasteiger partial charge in [-0.15, -0.1) is 0 Å². The summed E-state index contributed by atoms with van der Waals surface area (Å²) in [6, 6.07) is -1.43. The van der Waals surface area contributed by atoms with Gasteiger partial charge in [-0.05, 0) is 86.5 Å². The zero-order valence-corrected chi connectivity index (χ0v) is 29.9. The summed E-state index contributed by atoms with van der Waals surface area (Å²) in [5.41, 5.74) is -1.71. The summed E-state index contributed by atoms with van der Waals surface area (Å²) in [4.78, 5) is 46.8. The quantitative estimate of drug-likeness (QED) is 0.0432. The molecule has 0 heterocycles. The predicted octanol–water partition coefficient (Wildman–Crippen LogP) is 7.62. The number of rotatable bonds is 23. The van der Waals surface area contributed by atoms with Gasteiger partial charge < -0.3 is 25.0 Å². The number of carbonyl (C=O) groups is 3. The number of hydrogen-bond donors (Lipinski definition) is 3. The predicted molar refractivity (Wildman–Crippen MR) is 182 cm³/mol. The first-order chi connectivity index (χ1) is 21.5. The molecule has 0 rings (SSSR count). The Morgan fingerprint density at radius 2 is 1.28 bits per heavy atom. The second-order valence-electron chi connectivity index (χ2n) is 12.7. The number of alkyl carbamates (subject to hydrolysis) is 1. The molecule has 2 unspecified atom stereocenters. The van der Waals surface area contributed by atoms with Gasteiger partial charge in [0.2, 0.25) is 5.91 Å². The molecule has 0 saturated heterocycles. The number of hydrogen-bond acceptors (Lipinski definition) is 8. The average molecular weight is 671 g/mol. The monoisotopic (exact) mass is 670 g/mol. The Labute approximate surface area is 276 Å². The van der Waals surface area contributed by atoms with Crippen molar-refractivity contribution in [1.82, 2.24) is 10.6 Å². The molecule has 0 aromatic heterocycles. The summed E-state index contributed by atoms with van der Waals surface area (Å²) in [6.07, 6.45) is 25.7. The Hall–Kier alpha value is -2.72. The number of allylic oxidation sites excluding steroid dienone is 8. The van der Waals surface area contributed by atoms with Crippen molar-refractivity contribution in [2.45, 2.75) is 130 Å². The first-order valence-electron chi connectivity index (χ1n) is 16.3. The Balaban J connectivity index is 4.24. The molecule has 12 heteroatoms. The van der Waals surface area contributed by atoms with E-state index in [1.54, 1.807) is 41.5 Å². The molecule has 0 radical (unpaired) electrons. The summed E-state index contributed by atoms with van der Waals surface area (Å²) in [6.45, 7) is 11.0. The van der Waals surface area contributed by atoms with Crippen LogP contribution in [0.15, 0.2) is 48.6 Å². The van der Waals surface area contributed by atoms with Gasteiger partial charge in [-0.25, -0.2) is 14.2 Å². The van der Waals surface area contributed by atoms with Crippen LogP contribution < -0.4 is 10.6 Å². The smallest absolute Gasteiger partial charge is 0.458 e. The Morgan fingerprint density at radius 3 is 1.80 bits per heavy atom. The lowest BCUT2D eigenvalue weighted by atomic mass is 10.2. The topological polar surface area (TPSA) is 149 Å². The number of amides is 2. The number of phosphoric acid groups is 1. The summed E-state index contributed by atoms with van der Waals surface area (Å²) >= 11 is 0. The summed E-state index contributed by atoms with van der Waals surface area (Å²) < 4.78 is 32.5. The van der Waals surface area contributed by atoms with Gasteiger partial charge in [0, 0.05) is 13.0 Å². The number of phosphoric ester groups is 1. The fraction of sp³-hybridized carbons (Fsp3) is 0.676. The lowest BCUT2D eigenvalue weighted by Crippen LogP contribution is -2.48. The minimum atomic E-state index is -4.61. The molecule has 2 atom stereocenters. The third-order valence-electron chi connectivity index (χ3n) is 5.70. The molecule has 11 nitrogen and oxygen atoms in total. The molecular formula is C34H59N2O9P. The summed E-state index contributed by atoms with van der Waals surface area (Å²) in [5, 5.41) is 4.91. The van der Waals surface area contributed by atoms with Gasteiger partial charge in [0.1, 0.15) is 11.2 Å². The number of esters is 1. The van der Waals surface area contributed by atoms with E-state index in [0.717, 1.165) is 25.7 Å². The van der Waals surface area contributed by atoms with Crippen molar-refractivity contribution in [1.29, 1.82) is 0 Å². The Kier molecular flexibility index (Phi) is 23.0. The highest BCUT2D eigenvalue weighted by Crippen LogP contribution is 2.43. The number of nitrogens with one attached hydrogen (secondary N) is 2. The maximum absolute atomic E-state index is 12.5. The molecule has 264 valence electrons. The zero-order valence-electron chi connectivity index (χ0n) is 29.0. The minimum Gasteiger partial charge on any atom is -0.458 e. The van der Waals surface area contributed by atoms with E-state index in [0.29, 0.717) is 12.8 Å². The van der Waals surface area contributed by atoms with E-state index in [2.05, 4.69) is 60.1 Å². The van der Waals surface area contributed by atoms with Crippen LogP contribution in [-0.2, 0) is 32.7 Å². The molecule has 0 aliphatic carbocycles. The Morgan fingerprint density at radius 1 is 0.761 bits per heavy atom. The first kappa shape index (κ1) is 43.3. The van der Waals surface area contributed by atoms with E-state index < -0.39 is 43.7 Å². The first-order valence-corrected chi connectivity index (χ1v) is 17.7. The van der Waals surface area contributed by atoms with Crippen molar-refractivity contribution in [3.8, 4) is 0 Å². The van der Waals surface area contributed by atoms with E-state index in [-0.39, 0.29) is 19.1 Å². The third kappa shape index (κ3) is 28.7. The SMILES string of the molecule is CCCCC/C=C\C/C=C\C/C=C\C/C=C\CCCC(=O)NCCOP(=O)(O)OCC(NC(=O)OC(C)(C)C)C(=O)OC(C)(C)C. The summed E-state index contributed by atoms with van der Waals surface area (Å²) in [7, 11) is -4.61. The van der Waals surface area contributed by atoms with E-state index in [9.17, 15) is 23.8 Å². The second kappa shape index (κ2) is 24.5. The van der Waals surface area contributed by atoms with Crippen LogP contribution in [0.5, 0.6) is 0 Å². The minimum absolute atomic E-state index is 0.0112. The van der Waals surface area contributed by atoms with E-state index in [1.165, 1.54) is 25.7 Å². The van der Waals surface area contributed by atoms with Crippen molar-refractivity contribution in [2.24, 2.45) is 0 Å². The van der Waals surface area contributed by atoms with Gasteiger partial charge in [-0.1, -0.05) is 68.4 Å². The molecule has 2 amide bonds. The van der Waals surface area contributed by atoms with Crippen molar-refractivity contribution >= 4 is 25.8 Å². The highest BCUT2D eigenvalue weighted by Gasteiger charge is 2.32. The van der Waals surface area contributed by atoms with Crippen molar-refractivity contribution in [3.63, 3.8) is 0 Å². The molecule has 3 N–H and O–H groups in total. The standard InChI is InChI=1S/C34H59N2O9P/c1-8-9-10-11-12-13-14-15-16-17-18-19-20-21-22-23-24-25-30(37)35-26-27-42-46(40,41)43-28-29(31(38)44-33(2,3)4)36-32(39)45-34(5,6)7/h12-13,15-16,18-19,21-22,29H,8-11,14,17,20,23-28H2,1-7H3,(H,35,37)(H,36,39)(H,40,41)/b13-12-,16-15-,19-18-,22-21-. The van der Waals surface area contributed by atoms with Gasteiger partial charge in [-0.2, -0.15) is 0 Å². The number of carbonyl (C=O) groups excluding carboxylic acids is 3. The van der Waals surface area contributed by atoms with Crippen molar-refractivity contribution in [2.75, 3.05) is 19.8 Å². The molecule has 0 aromatic rings. The molecular weight excluding hydrogens is 611 g/mol. The van der Waals surface area contributed by atoms with Crippen LogP contribution in [-0.4, -0.2) is 59.9 Å². The fourth-order valence-electron chi connectivity index (χ4n) is 3.58. The van der Waals surface area contributed by atoms with E-state index in [1.807, 2.05) is 6.08 Å². The lowest BCUT2D eigenvalue weighted by Gasteiger charge is -2.26. The normalized spacial score (nSPS) is 14.6. The van der Waals surface area contributed by atoms with Crippen LogP contribution in [0.1, 0.15) is 113 Å². The third-order valence-corrected chi connectivity index (χ3v) is 6.68. The van der Waals surface area contributed by atoms with Gasteiger partial charge in [0.05, 0.1) is 13.2 Å². The maximum atomic E-state index is 12.5. The zero-order chi connectivity index (χ0) is 34.9. The number of ether oxygens (including phenoxy) is 2. The van der Waals surface area contributed by atoms with E-state index in [4.69, 9.17) is 18.5 Å². The van der Waals surface area contributed by atoms with Crippen LogP contribution >= 0.6 is 7.82 Å². The molecule has 0 spiro atoms. The maximum Gasteiger partial charge on any atom is 0.472 e. The molecule has 0 aliphatic heterocycles. The summed E-state index contributed by atoms with van der Waals surface area (Å²) in [5.74, 6) is -1.09. The molecule has 0 saturated carbocycles. The average Bonchev–Trinajstić information content (AvgIpc) is 2.93. The molecule has 46 heavy (non-hydrogen) atoms. The van der Waals surface area contributed by atoms with Crippen LogP contribution in [0, 0.1) is 0 Å². The molecule has 0 aliphatic rings. The van der Waals surface area contributed by atoms with Crippen LogP contribution in [0.4, 0.5) is 4.79 Å². The highest BCUT2D eigenvalue weighted by molar-refractivity contribution is 7.47. The van der Waals surface area contributed by atoms with Gasteiger partial charge in [-0.3, -0.25) is 13.8 Å². The van der Waals surface area contributed by atoms with Crippen LogP contribution in [0.2, 0.25) is 0 Å². The molecule has 0 bridgehead atoms.